The number of aromatic nitrogens is 2. The lowest BCUT2D eigenvalue weighted by atomic mass is 10.2. The number of benzene rings is 1. The molecule has 0 saturated carbocycles. The minimum atomic E-state index is -3.96. The van der Waals surface area contributed by atoms with Gasteiger partial charge in [-0.25, -0.2) is 17.6 Å². The Morgan fingerprint density at radius 3 is 2.73 bits per heavy atom. The molecule has 3 rings (SSSR count). The summed E-state index contributed by atoms with van der Waals surface area (Å²) in [6.07, 6.45) is 0.0445. The van der Waals surface area contributed by atoms with Crippen molar-refractivity contribution in [3.05, 3.63) is 47.4 Å². The minimum absolute atomic E-state index is 0.0810. The van der Waals surface area contributed by atoms with Crippen molar-refractivity contribution in [3.63, 3.8) is 0 Å². The van der Waals surface area contributed by atoms with E-state index in [-0.39, 0.29) is 18.0 Å². The highest BCUT2D eigenvalue weighted by molar-refractivity contribution is 7.89. The molecule has 1 aliphatic rings. The van der Waals surface area contributed by atoms with Crippen LogP contribution < -0.4 is 4.74 Å². The van der Waals surface area contributed by atoms with Gasteiger partial charge in [0.25, 0.3) is 0 Å². The maximum atomic E-state index is 13.5. The Bertz CT molecular complexity index is 933. The lowest BCUT2D eigenvalue weighted by Gasteiger charge is -2.17. The van der Waals surface area contributed by atoms with Gasteiger partial charge in [-0.05, 0) is 37.6 Å². The summed E-state index contributed by atoms with van der Waals surface area (Å²) in [7, 11) is -3.96. The molecule has 0 amide bonds. The Morgan fingerprint density at radius 2 is 2.08 bits per heavy atom. The maximum absolute atomic E-state index is 13.5. The number of carbonyl (C=O) groups is 1. The molecule has 138 valence electrons. The molecule has 0 bridgehead atoms. The second-order valence-corrected chi connectivity index (χ2v) is 7.79. The highest BCUT2D eigenvalue weighted by atomic mass is 32.2. The van der Waals surface area contributed by atoms with Crippen molar-refractivity contribution in [2.75, 3.05) is 13.1 Å². The van der Waals surface area contributed by atoms with Crippen molar-refractivity contribution in [3.8, 4) is 5.88 Å². The van der Waals surface area contributed by atoms with Crippen LogP contribution in [0.5, 0.6) is 5.88 Å². The molecule has 10 heteroatoms. The number of rotatable bonds is 5. The van der Waals surface area contributed by atoms with E-state index in [0.717, 1.165) is 23.9 Å². The van der Waals surface area contributed by atoms with E-state index in [4.69, 9.17) is 9.84 Å². The molecule has 1 aromatic carbocycles. The van der Waals surface area contributed by atoms with Crippen molar-refractivity contribution in [1.29, 1.82) is 0 Å². The van der Waals surface area contributed by atoms with E-state index in [1.54, 1.807) is 19.1 Å². The van der Waals surface area contributed by atoms with Gasteiger partial charge in [-0.2, -0.15) is 9.40 Å². The van der Waals surface area contributed by atoms with Crippen LogP contribution >= 0.6 is 0 Å². The average molecular weight is 381 g/mol. The van der Waals surface area contributed by atoms with Crippen molar-refractivity contribution in [1.82, 2.24) is 14.5 Å². The highest BCUT2D eigenvalue weighted by Gasteiger charge is 2.34. The number of halogens is 1. The molecule has 2 heterocycles. The first-order valence-electron chi connectivity index (χ1n) is 7.77. The summed E-state index contributed by atoms with van der Waals surface area (Å²) in [5.41, 5.74) is 0.0477. The summed E-state index contributed by atoms with van der Waals surface area (Å²) in [5.74, 6) is -2.22. The maximum Gasteiger partial charge on any atom is 0.338 e. The van der Waals surface area contributed by atoms with Crippen molar-refractivity contribution in [2.24, 2.45) is 0 Å². The molecule has 1 atom stereocenters. The number of nitrogens with zero attached hydrogens (tertiary/aromatic N) is 3. The first-order valence-corrected chi connectivity index (χ1v) is 9.21. The van der Waals surface area contributed by atoms with Crippen LogP contribution in [0.1, 0.15) is 22.5 Å². The monoisotopic (exact) mass is 381 g/mol. The zero-order valence-electron chi connectivity index (χ0n) is 13.8. The predicted molar refractivity (Wildman–Crippen MR) is 87.9 cm³/mol. The Balaban J connectivity index is 1.76. The largest absolute Gasteiger partial charge is 0.478 e. The van der Waals surface area contributed by atoms with E-state index in [1.165, 1.54) is 4.31 Å². The number of carboxylic acid groups (broad SMARTS) is 1. The van der Waals surface area contributed by atoms with E-state index in [1.807, 2.05) is 0 Å². The summed E-state index contributed by atoms with van der Waals surface area (Å²) in [5, 5.41) is 16.7. The fourth-order valence-corrected chi connectivity index (χ4v) is 4.12. The molecule has 0 radical (unpaired) electrons. The van der Waals surface area contributed by atoms with Gasteiger partial charge in [-0.1, -0.05) is 0 Å². The minimum Gasteiger partial charge on any atom is -0.478 e. The lowest BCUT2D eigenvalue weighted by molar-refractivity contribution is 0.0691. The second kappa shape index (κ2) is 6.96. The van der Waals surface area contributed by atoms with Gasteiger partial charge in [0.05, 0.1) is 22.7 Å². The predicted octanol–water partition coefficient (Wildman–Crippen LogP) is 1.46. The summed E-state index contributed by atoms with van der Waals surface area (Å²) in [6, 6.07) is 6.10. The number of ether oxygens (including phenoxy) is 1. The fraction of sp³-hybridized carbons (Fsp3) is 0.312. The Hall–Kier alpha value is -2.59. The standard InChI is InChI=1S/C16H16FN3O5S/c1-10-2-5-15(19-18-10)25-11-6-7-20(9-11)26(23,24)12-3-4-14(17)13(8-12)16(21)22/h2-5,8,11H,6-7,9H2,1H3,(H,21,22)/t11-/m0/s1. The van der Waals surface area contributed by atoms with Crippen LogP contribution in [0, 0.1) is 12.7 Å². The summed E-state index contributed by atoms with van der Waals surface area (Å²) in [4.78, 5) is 10.7. The van der Waals surface area contributed by atoms with E-state index >= 15 is 0 Å². The third-order valence-corrected chi connectivity index (χ3v) is 5.84. The molecule has 0 spiro atoms. The van der Waals surface area contributed by atoms with Crippen LogP contribution in [-0.2, 0) is 10.0 Å². The molecule has 1 aromatic heterocycles. The van der Waals surface area contributed by atoms with E-state index in [2.05, 4.69) is 10.2 Å². The van der Waals surface area contributed by atoms with Gasteiger partial charge in [0.2, 0.25) is 15.9 Å². The average Bonchev–Trinajstić information content (AvgIpc) is 3.06. The van der Waals surface area contributed by atoms with Gasteiger partial charge in [0, 0.05) is 12.6 Å². The van der Waals surface area contributed by atoms with E-state index in [0.29, 0.717) is 12.3 Å². The van der Waals surface area contributed by atoms with E-state index < -0.39 is 33.5 Å². The molecular formula is C16H16FN3O5S. The highest BCUT2D eigenvalue weighted by Crippen LogP contribution is 2.25. The molecule has 0 aliphatic carbocycles. The van der Waals surface area contributed by atoms with Gasteiger partial charge in [0.1, 0.15) is 11.9 Å². The SMILES string of the molecule is Cc1ccc(O[C@H]2CCN(S(=O)(=O)c3ccc(F)c(C(=O)O)c3)C2)nn1. The van der Waals surface area contributed by atoms with Crippen LogP contribution in [0.15, 0.2) is 35.2 Å². The fourth-order valence-electron chi connectivity index (χ4n) is 2.61. The molecule has 1 N–H and O–H groups in total. The van der Waals surface area contributed by atoms with Crippen molar-refractivity contribution < 1.29 is 27.4 Å². The molecular weight excluding hydrogens is 365 g/mol. The van der Waals surface area contributed by atoms with E-state index in [9.17, 15) is 17.6 Å². The number of carboxylic acids is 1. The van der Waals surface area contributed by atoms with Gasteiger partial charge in [-0.3, -0.25) is 0 Å². The zero-order chi connectivity index (χ0) is 18.9. The molecule has 26 heavy (non-hydrogen) atoms. The molecule has 1 aliphatic heterocycles. The lowest BCUT2D eigenvalue weighted by Crippen LogP contribution is -2.31. The Morgan fingerprint density at radius 1 is 1.31 bits per heavy atom. The Kier molecular flexibility index (Phi) is 4.88. The van der Waals surface area contributed by atoms with Crippen LogP contribution in [0.25, 0.3) is 0 Å². The third kappa shape index (κ3) is 3.65. The summed E-state index contributed by atoms with van der Waals surface area (Å²) in [6.45, 7) is 2.07. The topological polar surface area (TPSA) is 110 Å². The van der Waals surface area contributed by atoms with Gasteiger partial charge >= 0.3 is 5.97 Å². The zero-order valence-corrected chi connectivity index (χ0v) is 14.6. The molecule has 0 unspecified atom stereocenters. The number of aryl methyl sites for hydroxylation is 1. The third-order valence-electron chi connectivity index (χ3n) is 3.97. The van der Waals surface area contributed by atoms with Crippen LogP contribution in [0.3, 0.4) is 0 Å². The first-order chi connectivity index (χ1) is 12.3. The van der Waals surface area contributed by atoms with Crippen molar-refractivity contribution >= 4 is 16.0 Å². The molecule has 1 saturated heterocycles. The van der Waals surface area contributed by atoms with Gasteiger partial charge < -0.3 is 9.84 Å². The number of aromatic carboxylic acids is 1. The Labute approximate surface area is 149 Å². The van der Waals surface area contributed by atoms with Crippen molar-refractivity contribution in [2.45, 2.75) is 24.3 Å². The number of hydrogen-bond acceptors (Lipinski definition) is 6. The van der Waals surface area contributed by atoms with Gasteiger partial charge in [-0.15, -0.1) is 5.10 Å². The normalized spacial score (nSPS) is 18.0. The van der Waals surface area contributed by atoms with Gasteiger partial charge in [0.15, 0.2) is 0 Å². The molecule has 8 nitrogen and oxygen atoms in total. The number of hydrogen-bond donors (Lipinski definition) is 1. The molecule has 2 aromatic rings. The first kappa shape index (κ1) is 18.2. The summed E-state index contributed by atoms with van der Waals surface area (Å²) < 4.78 is 45.7. The quantitative estimate of drug-likeness (QED) is 0.835. The van der Waals surface area contributed by atoms with Crippen LogP contribution in [-0.4, -0.2) is 53.2 Å². The smallest absolute Gasteiger partial charge is 0.338 e. The molecule has 1 fully saturated rings. The number of sulfonamides is 1. The second-order valence-electron chi connectivity index (χ2n) is 5.85. The van der Waals surface area contributed by atoms with Crippen LogP contribution in [0.4, 0.5) is 4.39 Å². The summed E-state index contributed by atoms with van der Waals surface area (Å²) >= 11 is 0. The van der Waals surface area contributed by atoms with Crippen LogP contribution in [0.2, 0.25) is 0 Å².